The Bertz CT molecular complexity index is 641. The van der Waals surface area contributed by atoms with Crippen LogP contribution in [0.5, 0.6) is 0 Å². The summed E-state index contributed by atoms with van der Waals surface area (Å²) in [5.41, 5.74) is -0.726. The summed E-state index contributed by atoms with van der Waals surface area (Å²) in [6, 6.07) is 1.86. The highest BCUT2D eigenvalue weighted by molar-refractivity contribution is 5.88. The van der Waals surface area contributed by atoms with Crippen molar-refractivity contribution in [2.45, 2.75) is 45.3 Å². The molecule has 1 aromatic heterocycles. The average molecular weight is 387 g/mol. The van der Waals surface area contributed by atoms with Gasteiger partial charge < -0.3 is 10.6 Å². The minimum Gasteiger partial charge on any atom is -0.354 e. The highest BCUT2D eigenvalue weighted by Gasteiger charge is 2.34. The van der Waals surface area contributed by atoms with Crippen LogP contribution in [-0.2, 0) is 15.8 Å². The zero-order valence-corrected chi connectivity index (χ0v) is 15.5. The maximum Gasteiger partial charge on any atom is 0.419 e. The second-order valence-electron chi connectivity index (χ2n) is 6.74. The lowest BCUT2D eigenvalue weighted by atomic mass is 9.95. The summed E-state index contributed by atoms with van der Waals surface area (Å²) in [5, 5.41) is 5.47. The van der Waals surface area contributed by atoms with Gasteiger partial charge in [-0.25, -0.2) is 4.98 Å². The number of amides is 2. The molecule has 6 nitrogen and oxygen atoms in total. The number of rotatable bonds is 6. The number of aromatic amines is 1. The smallest absolute Gasteiger partial charge is 0.354 e. The zero-order valence-electron chi connectivity index (χ0n) is 15.5. The molecule has 1 saturated heterocycles. The number of halogens is 3. The van der Waals surface area contributed by atoms with Crippen LogP contribution in [-0.4, -0.2) is 37.5 Å². The molecule has 150 valence electrons. The Balaban J connectivity index is 1.84. The molecule has 2 amide bonds. The Hall–Kier alpha value is -2.32. The Morgan fingerprint density at radius 3 is 2.48 bits per heavy atom. The van der Waals surface area contributed by atoms with Crippen molar-refractivity contribution in [3.8, 4) is 0 Å². The van der Waals surface area contributed by atoms with Gasteiger partial charge in [-0.05, 0) is 32.3 Å². The number of H-pyrrole nitrogens is 1. The summed E-state index contributed by atoms with van der Waals surface area (Å²) < 4.78 is 37.9. The van der Waals surface area contributed by atoms with Gasteiger partial charge in [-0.3, -0.25) is 14.5 Å². The summed E-state index contributed by atoms with van der Waals surface area (Å²) in [5.74, 6) is 0.0125. The van der Waals surface area contributed by atoms with E-state index in [0.717, 1.165) is 18.7 Å². The molecule has 1 aliphatic heterocycles. The SMILES string of the molecule is CCCNC(=O)[C@@H](C)NC(=O)C1CCN(c2ccc(C(F)(F)F)c[nH+]2)CC1. The van der Waals surface area contributed by atoms with Crippen LogP contribution in [0, 0.1) is 5.92 Å². The van der Waals surface area contributed by atoms with E-state index in [-0.39, 0.29) is 17.7 Å². The van der Waals surface area contributed by atoms with Crippen LogP contribution < -0.4 is 20.5 Å². The molecule has 9 heteroatoms. The van der Waals surface area contributed by atoms with Crippen molar-refractivity contribution >= 4 is 17.6 Å². The second kappa shape index (κ2) is 9.05. The fourth-order valence-corrected chi connectivity index (χ4v) is 2.97. The van der Waals surface area contributed by atoms with Crippen LogP contribution in [0.3, 0.4) is 0 Å². The molecule has 2 heterocycles. The number of nitrogens with one attached hydrogen (secondary N) is 3. The molecule has 1 fully saturated rings. The number of hydrogen-bond acceptors (Lipinski definition) is 3. The van der Waals surface area contributed by atoms with Crippen molar-refractivity contribution in [2.75, 3.05) is 24.5 Å². The van der Waals surface area contributed by atoms with Crippen LogP contribution >= 0.6 is 0 Å². The highest BCUT2D eigenvalue weighted by atomic mass is 19.4. The summed E-state index contributed by atoms with van der Waals surface area (Å²) in [4.78, 5) is 28.8. The van der Waals surface area contributed by atoms with E-state index in [0.29, 0.717) is 38.3 Å². The van der Waals surface area contributed by atoms with E-state index in [1.165, 1.54) is 6.07 Å². The van der Waals surface area contributed by atoms with E-state index in [2.05, 4.69) is 15.6 Å². The monoisotopic (exact) mass is 387 g/mol. The van der Waals surface area contributed by atoms with Crippen LogP contribution in [0.2, 0.25) is 0 Å². The molecule has 1 aliphatic rings. The molecule has 2 rings (SSSR count). The standard InChI is InChI=1S/C18H25F3N4O2/c1-3-8-22-16(26)12(2)24-17(27)13-6-9-25(10-7-13)15-5-4-14(11-23-15)18(19,20)21/h4-5,11-13H,3,6-10H2,1-2H3,(H,22,26)(H,24,27)/p+1/t12-/m1/s1. The number of anilines is 1. The molecular formula is C18H26F3N4O2+. The quantitative estimate of drug-likeness (QED) is 0.781. The summed E-state index contributed by atoms with van der Waals surface area (Å²) >= 11 is 0. The lowest BCUT2D eigenvalue weighted by Crippen LogP contribution is -2.49. The molecule has 0 unspecified atom stereocenters. The predicted octanol–water partition coefficient (Wildman–Crippen LogP) is 1.77. The number of aromatic nitrogens is 1. The van der Waals surface area contributed by atoms with Crippen molar-refractivity contribution in [3.63, 3.8) is 0 Å². The van der Waals surface area contributed by atoms with E-state index in [4.69, 9.17) is 0 Å². The summed E-state index contributed by atoms with van der Waals surface area (Å²) in [6.45, 7) is 5.27. The third-order valence-electron chi connectivity index (χ3n) is 4.63. The Kier molecular flexibility index (Phi) is 7.04. The topological polar surface area (TPSA) is 75.6 Å². The van der Waals surface area contributed by atoms with Crippen molar-refractivity contribution in [3.05, 3.63) is 23.9 Å². The number of alkyl halides is 3. The number of carbonyl (C=O) groups excluding carboxylic acids is 2. The van der Waals surface area contributed by atoms with Gasteiger partial charge in [-0.1, -0.05) is 6.92 Å². The predicted molar refractivity (Wildman–Crippen MR) is 93.8 cm³/mol. The van der Waals surface area contributed by atoms with Crippen molar-refractivity contribution in [1.29, 1.82) is 0 Å². The van der Waals surface area contributed by atoms with Crippen molar-refractivity contribution in [2.24, 2.45) is 5.92 Å². The molecule has 27 heavy (non-hydrogen) atoms. The van der Waals surface area contributed by atoms with Gasteiger partial charge in [0.2, 0.25) is 11.8 Å². The second-order valence-corrected chi connectivity index (χ2v) is 6.74. The molecule has 0 radical (unpaired) electrons. The number of piperidine rings is 1. The van der Waals surface area contributed by atoms with Gasteiger partial charge in [0.05, 0.1) is 18.7 Å². The van der Waals surface area contributed by atoms with E-state index in [9.17, 15) is 22.8 Å². The third-order valence-corrected chi connectivity index (χ3v) is 4.63. The molecule has 0 saturated carbocycles. The Morgan fingerprint density at radius 2 is 1.96 bits per heavy atom. The zero-order chi connectivity index (χ0) is 20.0. The van der Waals surface area contributed by atoms with Crippen LogP contribution in [0.15, 0.2) is 18.3 Å². The van der Waals surface area contributed by atoms with Gasteiger partial charge >= 0.3 is 6.18 Å². The normalized spacial score (nSPS) is 16.7. The third kappa shape index (κ3) is 5.83. The van der Waals surface area contributed by atoms with E-state index < -0.39 is 17.8 Å². The largest absolute Gasteiger partial charge is 0.419 e. The van der Waals surface area contributed by atoms with Crippen LogP contribution in [0.25, 0.3) is 0 Å². The average Bonchev–Trinajstić information content (AvgIpc) is 2.65. The molecule has 0 aromatic carbocycles. The number of nitrogens with zero attached hydrogens (tertiary/aromatic N) is 1. The number of carbonyl (C=O) groups is 2. The van der Waals surface area contributed by atoms with E-state index >= 15 is 0 Å². The summed E-state index contributed by atoms with van der Waals surface area (Å²) in [6.07, 6.45) is -1.45. The van der Waals surface area contributed by atoms with Gasteiger partial charge in [0.1, 0.15) is 12.2 Å². The van der Waals surface area contributed by atoms with Gasteiger partial charge in [0.15, 0.2) is 0 Å². The minimum absolute atomic E-state index is 0.162. The lowest BCUT2D eigenvalue weighted by molar-refractivity contribution is -0.367. The molecule has 1 atom stereocenters. The van der Waals surface area contributed by atoms with Gasteiger partial charge in [0.25, 0.3) is 5.82 Å². The van der Waals surface area contributed by atoms with Crippen LogP contribution in [0.4, 0.5) is 19.0 Å². The number of hydrogen-bond donors (Lipinski definition) is 2. The minimum atomic E-state index is -4.37. The molecule has 3 N–H and O–H groups in total. The first-order valence-electron chi connectivity index (χ1n) is 9.14. The number of pyridine rings is 1. The Labute approximate surface area is 156 Å². The fourth-order valence-electron chi connectivity index (χ4n) is 2.97. The van der Waals surface area contributed by atoms with E-state index in [1.807, 2.05) is 11.8 Å². The lowest BCUT2D eigenvalue weighted by Gasteiger charge is -2.27. The van der Waals surface area contributed by atoms with E-state index in [1.54, 1.807) is 6.92 Å². The molecular weight excluding hydrogens is 361 g/mol. The molecule has 0 spiro atoms. The van der Waals surface area contributed by atoms with Gasteiger partial charge in [-0.15, -0.1) is 0 Å². The first-order valence-corrected chi connectivity index (χ1v) is 9.14. The fraction of sp³-hybridized carbons (Fsp3) is 0.611. The van der Waals surface area contributed by atoms with Crippen LogP contribution in [0.1, 0.15) is 38.7 Å². The van der Waals surface area contributed by atoms with Crippen molar-refractivity contribution < 1.29 is 27.7 Å². The maximum atomic E-state index is 12.6. The first-order chi connectivity index (χ1) is 12.7. The Morgan fingerprint density at radius 1 is 1.30 bits per heavy atom. The molecule has 0 bridgehead atoms. The van der Waals surface area contributed by atoms with Gasteiger partial charge in [0, 0.05) is 18.5 Å². The van der Waals surface area contributed by atoms with Gasteiger partial charge in [-0.2, -0.15) is 13.2 Å². The molecule has 0 aliphatic carbocycles. The van der Waals surface area contributed by atoms with Crippen molar-refractivity contribution in [1.82, 2.24) is 10.6 Å². The highest BCUT2D eigenvalue weighted by Crippen LogP contribution is 2.29. The summed E-state index contributed by atoms with van der Waals surface area (Å²) in [7, 11) is 0. The first kappa shape index (κ1) is 21.0. The maximum absolute atomic E-state index is 12.6. The molecule has 1 aromatic rings.